The molecular formula is C16H25NO. The minimum atomic E-state index is 0.346. The lowest BCUT2D eigenvalue weighted by molar-refractivity contribution is -0.124. The van der Waals surface area contributed by atoms with Crippen molar-refractivity contribution < 1.29 is 4.79 Å². The first-order valence-corrected chi connectivity index (χ1v) is 7.91. The SMILES string of the molecule is CC1CC1C(=O)NCC12CC3CC(CC(C3)C1)C2. The fraction of sp³-hybridized carbons (Fsp3) is 0.938. The molecular weight excluding hydrogens is 222 g/mol. The van der Waals surface area contributed by atoms with E-state index >= 15 is 0 Å². The van der Waals surface area contributed by atoms with Crippen molar-refractivity contribution in [2.24, 2.45) is 35.0 Å². The summed E-state index contributed by atoms with van der Waals surface area (Å²) >= 11 is 0. The van der Waals surface area contributed by atoms with Gasteiger partial charge < -0.3 is 5.32 Å². The Balaban J connectivity index is 1.40. The Morgan fingerprint density at radius 2 is 1.56 bits per heavy atom. The van der Waals surface area contributed by atoms with Gasteiger partial charge in [0.25, 0.3) is 0 Å². The summed E-state index contributed by atoms with van der Waals surface area (Å²) in [5.74, 6) is 4.31. The number of hydrogen-bond donors (Lipinski definition) is 1. The fourth-order valence-corrected chi connectivity index (χ4v) is 5.60. The predicted octanol–water partition coefficient (Wildman–Crippen LogP) is 2.98. The summed E-state index contributed by atoms with van der Waals surface area (Å²) in [5.41, 5.74) is 0.503. The van der Waals surface area contributed by atoms with Crippen molar-refractivity contribution in [3.63, 3.8) is 0 Å². The van der Waals surface area contributed by atoms with Crippen LogP contribution in [0.3, 0.4) is 0 Å². The Hall–Kier alpha value is -0.530. The molecule has 0 aliphatic heterocycles. The molecule has 1 N–H and O–H groups in total. The summed E-state index contributed by atoms with van der Waals surface area (Å²) in [6.07, 6.45) is 9.80. The molecule has 18 heavy (non-hydrogen) atoms. The summed E-state index contributed by atoms with van der Waals surface area (Å²) < 4.78 is 0. The number of carbonyl (C=O) groups is 1. The van der Waals surface area contributed by atoms with E-state index in [1.54, 1.807) is 0 Å². The molecule has 5 aliphatic rings. The van der Waals surface area contributed by atoms with Gasteiger partial charge in [0.15, 0.2) is 0 Å². The van der Waals surface area contributed by atoms with Crippen LogP contribution >= 0.6 is 0 Å². The van der Waals surface area contributed by atoms with Gasteiger partial charge in [-0.15, -0.1) is 0 Å². The van der Waals surface area contributed by atoms with Crippen molar-refractivity contribution in [2.45, 2.75) is 51.9 Å². The third kappa shape index (κ3) is 1.80. The second kappa shape index (κ2) is 3.74. The van der Waals surface area contributed by atoms with Gasteiger partial charge in [0.1, 0.15) is 0 Å². The van der Waals surface area contributed by atoms with Crippen LogP contribution in [-0.2, 0) is 4.79 Å². The van der Waals surface area contributed by atoms with E-state index in [9.17, 15) is 4.79 Å². The predicted molar refractivity (Wildman–Crippen MR) is 70.9 cm³/mol. The third-order valence-electron chi connectivity index (χ3n) is 6.25. The van der Waals surface area contributed by atoms with E-state index in [2.05, 4.69) is 12.2 Å². The molecule has 5 fully saturated rings. The minimum Gasteiger partial charge on any atom is -0.355 e. The monoisotopic (exact) mass is 247 g/mol. The Kier molecular flexibility index (Phi) is 2.35. The minimum absolute atomic E-state index is 0.346. The molecule has 1 amide bonds. The number of nitrogens with one attached hydrogen (secondary N) is 1. The van der Waals surface area contributed by atoms with Crippen LogP contribution in [0.4, 0.5) is 0 Å². The highest BCUT2D eigenvalue weighted by atomic mass is 16.2. The van der Waals surface area contributed by atoms with E-state index in [1.165, 1.54) is 38.5 Å². The van der Waals surface area contributed by atoms with Gasteiger partial charge >= 0.3 is 0 Å². The van der Waals surface area contributed by atoms with Crippen molar-refractivity contribution in [3.05, 3.63) is 0 Å². The van der Waals surface area contributed by atoms with E-state index in [0.717, 1.165) is 30.7 Å². The standard InChI is InChI=1S/C16H25NO/c1-10-2-14(10)15(18)17-9-16-6-11-3-12(7-16)5-13(4-11)8-16/h10-14H,2-9H2,1H3,(H,17,18). The van der Waals surface area contributed by atoms with Crippen LogP contribution in [0.25, 0.3) is 0 Å². The summed E-state index contributed by atoms with van der Waals surface area (Å²) in [7, 11) is 0. The average Bonchev–Trinajstić information content (AvgIpc) is 3.02. The van der Waals surface area contributed by atoms with E-state index in [4.69, 9.17) is 0 Å². The van der Waals surface area contributed by atoms with E-state index in [-0.39, 0.29) is 0 Å². The lowest BCUT2D eigenvalue weighted by Crippen LogP contribution is -2.51. The van der Waals surface area contributed by atoms with Crippen LogP contribution in [0.1, 0.15) is 51.9 Å². The van der Waals surface area contributed by atoms with Crippen LogP contribution in [0, 0.1) is 35.0 Å². The lowest BCUT2D eigenvalue weighted by Gasteiger charge is -2.56. The molecule has 5 saturated carbocycles. The second-order valence-electron chi connectivity index (χ2n) is 7.95. The first-order valence-electron chi connectivity index (χ1n) is 7.91. The Morgan fingerprint density at radius 3 is 2.00 bits per heavy atom. The maximum Gasteiger partial charge on any atom is 0.223 e. The van der Waals surface area contributed by atoms with Gasteiger partial charge in [0, 0.05) is 12.5 Å². The van der Waals surface area contributed by atoms with E-state index < -0.39 is 0 Å². The maximum atomic E-state index is 12.0. The van der Waals surface area contributed by atoms with Gasteiger partial charge in [-0.3, -0.25) is 4.79 Å². The molecule has 5 rings (SSSR count). The van der Waals surface area contributed by atoms with Gasteiger partial charge in [0.05, 0.1) is 0 Å². The lowest BCUT2D eigenvalue weighted by atomic mass is 9.49. The smallest absolute Gasteiger partial charge is 0.223 e. The summed E-state index contributed by atoms with van der Waals surface area (Å²) in [5, 5.41) is 3.29. The largest absolute Gasteiger partial charge is 0.355 e. The van der Waals surface area contributed by atoms with Gasteiger partial charge in [-0.25, -0.2) is 0 Å². The zero-order valence-electron chi connectivity index (χ0n) is 11.5. The maximum absolute atomic E-state index is 12.0. The van der Waals surface area contributed by atoms with Crippen LogP contribution in [0.15, 0.2) is 0 Å². The number of amides is 1. The molecule has 0 aromatic rings. The normalized spacial score (nSPS) is 52.4. The Bertz CT molecular complexity index is 340. The fourth-order valence-electron chi connectivity index (χ4n) is 5.60. The molecule has 2 unspecified atom stereocenters. The molecule has 0 radical (unpaired) electrons. The van der Waals surface area contributed by atoms with Gasteiger partial charge in [-0.05, 0) is 74.0 Å². The first kappa shape index (κ1) is 11.3. The summed E-state index contributed by atoms with van der Waals surface area (Å²) in [6.45, 7) is 3.17. The van der Waals surface area contributed by atoms with Gasteiger partial charge in [-0.2, -0.15) is 0 Å². The van der Waals surface area contributed by atoms with Crippen molar-refractivity contribution in [2.75, 3.05) is 6.54 Å². The first-order chi connectivity index (χ1) is 8.63. The summed E-state index contributed by atoms with van der Waals surface area (Å²) in [4.78, 5) is 12.0. The zero-order chi connectivity index (χ0) is 12.3. The highest BCUT2D eigenvalue weighted by molar-refractivity contribution is 5.81. The van der Waals surface area contributed by atoms with Crippen LogP contribution < -0.4 is 5.32 Å². The Morgan fingerprint density at radius 1 is 1.06 bits per heavy atom. The van der Waals surface area contributed by atoms with Gasteiger partial charge in [0.2, 0.25) is 5.91 Å². The van der Waals surface area contributed by atoms with Crippen LogP contribution in [-0.4, -0.2) is 12.5 Å². The molecule has 5 aliphatic carbocycles. The molecule has 2 heteroatoms. The molecule has 0 heterocycles. The van der Waals surface area contributed by atoms with Crippen LogP contribution in [0.5, 0.6) is 0 Å². The van der Waals surface area contributed by atoms with Gasteiger partial charge in [-0.1, -0.05) is 6.92 Å². The number of rotatable bonds is 3. The molecule has 2 atom stereocenters. The van der Waals surface area contributed by atoms with Crippen molar-refractivity contribution in [1.29, 1.82) is 0 Å². The van der Waals surface area contributed by atoms with Crippen molar-refractivity contribution in [1.82, 2.24) is 5.32 Å². The second-order valence-corrected chi connectivity index (χ2v) is 7.95. The number of hydrogen-bond acceptors (Lipinski definition) is 1. The van der Waals surface area contributed by atoms with E-state index in [0.29, 0.717) is 23.2 Å². The van der Waals surface area contributed by atoms with Crippen LogP contribution in [0.2, 0.25) is 0 Å². The van der Waals surface area contributed by atoms with Crippen molar-refractivity contribution >= 4 is 5.91 Å². The molecule has 2 nitrogen and oxygen atoms in total. The molecule has 0 aromatic heterocycles. The molecule has 0 saturated heterocycles. The van der Waals surface area contributed by atoms with Crippen molar-refractivity contribution in [3.8, 4) is 0 Å². The summed E-state index contributed by atoms with van der Waals surface area (Å²) in [6, 6.07) is 0. The molecule has 0 spiro atoms. The van der Waals surface area contributed by atoms with E-state index in [1.807, 2.05) is 0 Å². The molecule has 0 aromatic carbocycles. The molecule has 4 bridgehead atoms. The molecule has 100 valence electrons. The zero-order valence-corrected chi connectivity index (χ0v) is 11.5. The number of carbonyl (C=O) groups excluding carboxylic acids is 1. The third-order valence-corrected chi connectivity index (χ3v) is 6.25. The topological polar surface area (TPSA) is 29.1 Å². The highest BCUT2D eigenvalue weighted by Crippen LogP contribution is 2.59. The highest BCUT2D eigenvalue weighted by Gasteiger charge is 2.51. The quantitative estimate of drug-likeness (QED) is 0.816. The average molecular weight is 247 g/mol. The Labute approximate surface area is 110 Å².